The monoisotopic (exact) mass is 273 g/mol. The normalized spacial score (nSPS) is 25.4. The van der Waals surface area contributed by atoms with E-state index in [1.807, 2.05) is 30.3 Å². The zero-order valence-electron chi connectivity index (χ0n) is 11.4. The molecule has 1 aromatic carbocycles. The van der Waals surface area contributed by atoms with Gasteiger partial charge in [0.25, 0.3) is 0 Å². The van der Waals surface area contributed by atoms with Gasteiger partial charge in [-0.25, -0.2) is 0 Å². The highest BCUT2D eigenvalue weighted by molar-refractivity contribution is 6.06. The number of imide groups is 1. The Bertz CT molecular complexity index is 520. The van der Waals surface area contributed by atoms with Crippen molar-refractivity contribution in [1.29, 1.82) is 0 Å². The van der Waals surface area contributed by atoms with E-state index in [0.717, 1.165) is 18.4 Å². The molecule has 20 heavy (non-hydrogen) atoms. The number of β-amino-alcohol motifs (C(OH)–C–C–N with tert-alkyl or cyclic N) is 1. The van der Waals surface area contributed by atoms with Gasteiger partial charge in [0, 0.05) is 6.42 Å². The number of amides is 2. The van der Waals surface area contributed by atoms with E-state index in [1.54, 1.807) is 0 Å². The Labute approximate surface area is 118 Å². The number of benzene rings is 1. The molecule has 1 saturated heterocycles. The first-order chi connectivity index (χ1) is 9.59. The Kier molecular flexibility index (Phi) is 3.34. The van der Waals surface area contributed by atoms with Crippen LogP contribution in [-0.2, 0) is 9.59 Å². The van der Waals surface area contributed by atoms with Crippen LogP contribution in [0.4, 0.5) is 0 Å². The molecule has 0 spiro atoms. The van der Waals surface area contributed by atoms with Crippen molar-refractivity contribution < 1.29 is 14.7 Å². The van der Waals surface area contributed by atoms with Gasteiger partial charge in [-0.1, -0.05) is 43.2 Å². The van der Waals surface area contributed by atoms with Crippen LogP contribution in [-0.4, -0.2) is 34.0 Å². The van der Waals surface area contributed by atoms with Gasteiger partial charge < -0.3 is 5.11 Å². The molecule has 2 amide bonds. The molecule has 4 heteroatoms. The molecule has 1 N–H and O–H groups in total. The Morgan fingerprint density at radius 2 is 1.80 bits per heavy atom. The summed E-state index contributed by atoms with van der Waals surface area (Å²) in [6, 6.07) is 9.40. The van der Waals surface area contributed by atoms with Gasteiger partial charge in [-0.2, -0.15) is 0 Å². The highest BCUT2D eigenvalue weighted by Crippen LogP contribution is 2.35. The number of aliphatic hydroxyl groups is 1. The summed E-state index contributed by atoms with van der Waals surface area (Å²) in [7, 11) is 0. The number of rotatable bonds is 3. The van der Waals surface area contributed by atoms with Crippen molar-refractivity contribution in [3.8, 4) is 0 Å². The molecule has 1 atom stereocenters. The average Bonchev–Trinajstić information content (AvgIpc) is 2.99. The van der Waals surface area contributed by atoms with Crippen LogP contribution in [0, 0.1) is 0 Å². The second-order valence-corrected chi connectivity index (χ2v) is 5.92. The van der Waals surface area contributed by atoms with E-state index in [-0.39, 0.29) is 30.7 Å². The predicted molar refractivity (Wildman–Crippen MR) is 73.9 cm³/mol. The summed E-state index contributed by atoms with van der Waals surface area (Å²) >= 11 is 0. The number of carbonyl (C=O) groups is 2. The van der Waals surface area contributed by atoms with Crippen molar-refractivity contribution in [2.75, 3.05) is 6.54 Å². The fourth-order valence-corrected chi connectivity index (χ4v) is 3.28. The Balaban J connectivity index is 1.77. The van der Waals surface area contributed by atoms with Crippen molar-refractivity contribution in [2.24, 2.45) is 0 Å². The van der Waals surface area contributed by atoms with E-state index in [2.05, 4.69) is 0 Å². The molecule has 4 nitrogen and oxygen atoms in total. The minimum Gasteiger partial charge on any atom is -0.388 e. The molecular weight excluding hydrogens is 254 g/mol. The summed E-state index contributed by atoms with van der Waals surface area (Å²) in [5.74, 6) is -0.709. The maximum absolute atomic E-state index is 12.4. The molecule has 1 heterocycles. The third-order valence-electron chi connectivity index (χ3n) is 4.43. The standard InChI is InChI=1S/C16H19NO3/c18-14-10-13(12-6-2-1-3-7-12)15(19)17(14)11-16(20)8-4-5-9-16/h1-3,6-7,13,20H,4-5,8-11H2. The first-order valence-corrected chi connectivity index (χ1v) is 7.21. The topological polar surface area (TPSA) is 57.6 Å². The van der Waals surface area contributed by atoms with Crippen molar-refractivity contribution >= 4 is 11.8 Å². The molecule has 2 aliphatic rings. The Hall–Kier alpha value is -1.68. The largest absolute Gasteiger partial charge is 0.388 e. The lowest BCUT2D eigenvalue weighted by molar-refractivity contribution is -0.142. The third kappa shape index (κ3) is 2.36. The molecule has 0 radical (unpaired) electrons. The number of carbonyl (C=O) groups excluding carboxylic acids is 2. The van der Waals surface area contributed by atoms with Crippen LogP contribution < -0.4 is 0 Å². The maximum atomic E-state index is 12.4. The Morgan fingerprint density at radius 3 is 2.45 bits per heavy atom. The lowest BCUT2D eigenvalue weighted by Gasteiger charge is -2.27. The average molecular weight is 273 g/mol. The first kappa shape index (κ1) is 13.3. The van der Waals surface area contributed by atoms with E-state index < -0.39 is 5.60 Å². The molecule has 3 rings (SSSR count). The minimum atomic E-state index is -0.864. The number of nitrogens with zero attached hydrogens (tertiary/aromatic N) is 1. The summed E-state index contributed by atoms with van der Waals surface area (Å²) in [6.07, 6.45) is 3.52. The molecule has 1 aliphatic carbocycles. The van der Waals surface area contributed by atoms with E-state index in [1.165, 1.54) is 4.90 Å². The summed E-state index contributed by atoms with van der Waals surface area (Å²) in [5.41, 5.74) is 0.0171. The van der Waals surface area contributed by atoms with Gasteiger partial charge >= 0.3 is 0 Å². The fraction of sp³-hybridized carbons (Fsp3) is 0.500. The minimum absolute atomic E-state index is 0.161. The van der Waals surface area contributed by atoms with Gasteiger partial charge in [0.1, 0.15) is 0 Å². The second kappa shape index (κ2) is 5.02. The number of hydrogen-bond donors (Lipinski definition) is 1. The zero-order chi connectivity index (χ0) is 14.2. The van der Waals surface area contributed by atoms with Crippen molar-refractivity contribution in [3.05, 3.63) is 35.9 Å². The van der Waals surface area contributed by atoms with E-state index >= 15 is 0 Å². The van der Waals surface area contributed by atoms with Gasteiger partial charge in [0.05, 0.1) is 18.1 Å². The second-order valence-electron chi connectivity index (χ2n) is 5.92. The number of hydrogen-bond acceptors (Lipinski definition) is 3. The SMILES string of the molecule is O=C1CC(c2ccccc2)C(=O)N1CC1(O)CCCC1. The molecule has 1 saturated carbocycles. The quantitative estimate of drug-likeness (QED) is 0.855. The molecule has 106 valence electrons. The van der Waals surface area contributed by atoms with Crippen molar-refractivity contribution in [3.63, 3.8) is 0 Å². The molecule has 1 unspecified atom stereocenters. The molecule has 2 fully saturated rings. The molecule has 0 aromatic heterocycles. The zero-order valence-corrected chi connectivity index (χ0v) is 11.4. The van der Waals surface area contributed by atoms with Gasteiger partial charge in [-0.15, -0.1) is 0 Å². The van der Waals surface area contributed by atoms with Crippen LogP contribution in [0.1, 0.15) is 43.6 Å². The maximum Gasteiger partial charge on any atom is 0.237 e. The third-order valence-corrected chi connectivity index (χ3v) is 4.43. The fourth-order valence-electron chi connectivity index (χ4n) is 3.28. The lowest BCUT2D eigenvalue weighted by Crippen LogP contribution is -2.44. The van der Waals surface area contributed by atoms with E-state index in [4.69, 9.17) is 0 Å². The van der Waals surface area contributed by atoms with E-state index in [9.17, 15) is 14.7 Å². The highest BCUT2D eigenvalue weighted by atomic mass is 16.3. The summed E-state index contributed by atoms with van der Waals surface area (Å²) in [5, 5.41) is 10.4. The molecular formula is C16H19NO3. The van der Waals surface area contributed by atoms with Crippen LogP contribution in [0.3, 0.4) is 0 Å². The van der Waals surface area contributed by atoms with Gasteiger partial charge in [-0.05, 0) is 18.4 Å². The Morgan fingerprint density at radius 1 is 1.15 bits per heavy atom. The number of likely N-dealkylation sites (tertiary alicyclic amines) is 1. The summed E-state index contributed by atoms with van der Waals surface area (Å²) in [6.45, 7) is 0.161. The van der Waals surface area contributed by atoms with Gasteiger partial charge in [-0.3, -0.25) is 14.5 Å². The van der Waals surface area contributed by atoms with E-state index in [0.29, 0.717) is 12.8 Å². The molecule has 0 bridgehead atoms. The van der Waals surface area contributed by atoms with Gasteiger partial charge in [0.2, 0.25) is 11.8 Å². The van der Waals surface area contributed by atoms with Crippen LogP contribution in [0.2, 0.25) is 0 Å². The van der Waals surface area contributed by atoms with Gasteiger partial charge in [0.15, 0.2) is 0 Å². The molecule has 1 aromatic rings. The molecule has 1 aliphatic heterocycles. The van der Waals surface area contributed by atoms with Crippen LogP contribution in [0.5, 0.6) is 0 Å². The van der Waals surface area contributed by atoms with Crippen molar-refractivity contribution in [1.82, 2.24) is 4.90 Å². The van der Waals surface area contributed by atoms with Crippen molar-refractivity contribution in [2.45, 2.75) is 43.6 Å². The van der Waals surface area contributed by atoms with Crippen LogP contribution >= 0.6 is 0 Å². The highest BCUT2D eigenvalue weighted by Gasteiger charge is 2.44. The summed E-state index contributed by atoms with van der Waals surface area (Å²) in [4.78, 5) is 25.8. The smallest absolute Gasteiger partial charge is 0.237 e. The van der Waals surface area contributed by atoms with Crippen LogP contribution in [0.25, 0.3) is 0 Å². The van der Waals surface area contributed by atoms with Crippen LogP contribution in [0.15, 0.2) is 30.3 Å². The first-order valence-electron chi connectivity index (χ1n) is 7.21. The lowest BCUT2D eigenvalue weighted by atomic mass is 9.97. The summed E-state index contributed by atoms with van der Waals surface area (Å²) < 4.78 is 0. The predicted octanol–water partition coefficient (Wildman–Crippen LogP) is 1.83.